The summed E-state index contributed by atoms with van der Waals surface area (Å²) in [5.74, 6) is 0.851. The van der Waals surface area contributed by atoms with E-state index < -0.39 is 24.0 Å². The number of thioether (sulfide) groups is 2. The Balaban J connectivity index is 3.33. The predicted octanol–water partition coefficient (Wildman–Crippen LogP) is 0.283. The smallest absolute Gasteiger partial charge is 0.323 e. The van der Waals surface area contributed by atoms with Gasteiger partial charge in [0.25, 0.3) is 0 Å². The lowest BCUT2D eigenvalue weighted by atomic mass is 10.2. The van der Waals surface area contributed by atoms with Gasteiger partial charge in [0.2, 0.25) is 0 Å². The lowest BCUT2D eigenvalue weighted by Crippen LogP contribution is -2.33. The second kappa shape index (κ2) is 20.7. The maximum absolute atomic E-state index is 11.6. The van der Waals surface area contributed by atoms with Gasteiger partial charge >= 0.3 is 11.9 Å². The Bertz CT molecular complexity index is 384. The Morgan fingerprint density at radius 3 is 1.28 bits per heavy atom. The van der Waals surface area contributed by atoms with E-state index in [0.717, 1.165) is 11.5 Å². The van der Waals surface area contributed by atoms with E-state index in [1.165, 1.54) is 0 Å². The number of ether oxygens (including phenoxy) is 5. The molecule has 0 radical (unpaired) electrons. The molecule has 4 N–H and O–H groups in total. The molecular weight excluding hydrogens is 420 g/mol. The monoisotopic (exact) mass is 456 g/mol. The molecule has 2 atom stereocenters. The van der Waals surface area contributed by atoms with Gasteiger partial charge in [-0.05, 0) is 36.9 Å². The first kappa shape index (κ1) is 28.4. The molecule has 0 fully saturated rings. The third-order valence-corrected chi connectivity index (χ3v) is 4.85. The van der Waals surface area contributed by atoms with Crippen molar-refractivity contribution in [3.8, 4) is 0 Å². The summed E-state index contributed by atoms with van der Waals surface area (Å²) in [6.07, 6.45) is 5.13. The van der Waals surface area contributed by atoms with E-state index in [2.05, 4.69) is 0 Å². The fourth-order valence-electron chi connectivity index (χ4n) is 1.88. The van der Waals surface area contributed by atoms with Gasteiger partial charge in [0.15, 0.2) is 0 Å². The van der Waals surface area contributed by atoms with E-state index in [4.69, 9.17) is 35.2 Å². The molecular formula is C18H36N2O7S2. The van der Waals surface area contributed by atoms with Gasteiger partial charge < -0.3 is 35.2 Å². The van der Waals surface area contributed by atoms with Crippen molar-refractivity contribution in [1.29, 1.82) is 0 Å². The van der Waals surface area contributed by atoms with Crippen LogP contribution in [0.3, 0.4) is 0 Å². The van der Waals surface area contributed by atoms with Crippen LogP contribution in [0, 0.1) is 0 Å². The third kappa shape index (κ3) is 18.0. The van der Waals surface area contributed by atoms with Crippen LogP contribution in [0.15, 0.2) is 0 Å². The Hall–Kier alpha value is -0.560. The van der Waals surface area contributed by atoms with Crippen LogP contribution in [-0.4, -0.2) is 101 Å². The largest absolute Gasteiger partial charge is 0.462 e. The number of hydrogen-bond donors (Lipinski definition) is 2. The maximum atomic E-state index is 11.6. The van der Waals surface area contributed by atoms with E-state index in [1.54, 1.807) is 23.5 Å². The summed E-state index contributed by atoms with van der Waals surface area (Å²) >= 11 is 3.28. The number of nitrogens with two attached hydrogens (primary N) is 2. The zero-order chi connectivity index (χ0) is 21.7. The first-order valence-corrected chi connectivity index (χ1v) is 12.4. The first-order valence-electron chi connectivity index (χ1n) is 9.58. The van der Waals surface area contributed by atoms with Crippen LogP contribution in [0.4, 0.5) is 0 Å². The molecule has 0 bridgehead atoms. The van der Waals surface area contributed by atoms with Crippen LogP contribution >= 0.6 is 23.5 Å². The topological polar surface area (TPSA) is 132 Å². The van der Waals surface area contributed by atoms with Gasteiger partial charge in [-0.25, -0.2) is 0 Å². The van der Waals surface area contributed by atoms with Crippen LogP contribution in [0.5, 0.6) is 0 Å². The van der Waals surface area contributed by atoms with Crippen molar-refractivity contribution in [2.75, 3.05) is 76.9 Å². The normalized spacial score (nSPS) is 13.1. The minimum Gasteiger partial charge on any atom is -0.462 e. The van der Waals surface area contributed by atoms with Crippen molar-refractivity contribution in [1.82, 2.24) is 0 Å². The maximum Gasteiger partial charge on any atom is 0.323 e. The van der Waals surface area contributed by atoms with Crippen LogP contribution in [-0.2, 0) is 33.3 Å². The minimum atomic E-state index is -0.578. The Morgan fingerprint density at radius 1 is 0.655 bits per heavy atom. The molecule has 11 heteroatoms. The zero-order valence-electron chi connectivity index (χ0n) is 17.5. The molecule has 29 heavy (non-hydrogen) atoms. The van der Waals surface area contributed by atoms with E-state index in [-0.39, 0.29) is 13.2 Å². The summed E-state index contributed by atoms with van der Waals surface area (Å²) in [4.78, 5) is 23.1. The standard InChI is InChI=1S/C18H36N2O7S2/c1-28-13-3-15(19)17(21)26-11-9-24-7-5-23-6-8-25-10-12-27-18(22)16(20)4-14-29-2/h15-16H,3-14,19-20H2,1-2H3/t15-,16-/m0/s1. The van der Waals surface area contributed by atoms with Crippen molar-refractivity contribution in [3.63, 3.8) is 0 Å². The highest BCUT2D eigenvalue weighted by molar-refractivity contribution is 7.98. The van der Waals surface area contributed by atoms with E-state index >= 15 is 0 Å². The van der Waals surface area contributed by atoms with Gasteiger partial charge in [-0.2, -0.15) is 23.5 Å². The highest BCUT2D eigenvalue weighted by atomic mass is 32.2. The molecule has 0 rings (SSSR count). The molecule has 0 aromatic heterocycles. The molecule has 172 valence electrons. The van der Waals surface area contributed by atoms with Gasteiger partial charge in [-0.1, -0.05) is 0 Å². The molecule has 0 amide bonds. The molecule has 0 unspecified atom stereocenters. The first-order chi connectivity index (χ1) is 14.0. The highest BCUT2D eigenvalue weighted by Crippen LogP contribution is 2.01. The molecule has 9 nitrogen and oxygen atoms in total. The lowest BCUT2D eigenvalue weighted by molar-refractivity contribution is -0.147. The summed E-state index contributed by atoms with van der Waals surface area (Å²) in [7, 11) is 0. The zero-order valence-corrected chi connectivity index (χ0v) is 19.1. The van der Waals surface area contributed by atoms with Crippen LogP contribution < -0.4 is 11.5 Å². The van der Waals surface area contributed by atoms with Crippen molar-refractivity contribution in [2.45, 2.75) is 24.9 Å². The molecule has 0 aliphatic carbocycles. The van der Waals surface area contributed by atoms with Crippen molar-refractivity contribution >= 4 is 35.5 Å². The van der Waals surface area contributed by atoms with Crippen LogP contribution in [0.25, 0.3) is 0 Å². The summed E-state index contributed by atoms with van der Waals surface area (Å²) in [6.45, 7) is 2.54. The third-order valence-electron chi connectivity index (χ3n) is 3.56. The molecule has 0 saturated carbocycles. The van der Waals surface area contributed by atoms with E-state index in [1.807, 2.05) is 12.5 Å². The van der Waals surface area contributed by atoms with Gasteiger partial charge in [-0.3, -0.25) is 9.59 Å². The molecule has 0 aliphatic heterocycles. The fourth-order valence-corrected chi connectivity index (χ4v) is 2.86. The Morgan fingerprint density at radius 2 is 0.966 bits per heavy atom. The summed E-state index contributed by atoms with van der Waals surface area (Å²) in [5.41, 5.74) is 11.4. The van der Waals surface area contributed by atoms with Gasteiger partial charge in [0, 0.05) is 0 Å². The summed E-state index contributed by atoms with van der Waals surface area (Å²) in [6, 6.07) is -1.16. The number of rotatable bonds is 20. The minimum absolute atomic E-state index is 0.175. The number of esters is 2. The van der Waals surface area contributed by atoms with Gasteiger partial charge in [-0.15, -0.1) is 0 Å². The fraction of sp³-hybridized carbons (Fsp3) is 0.889. The van der Waals surface area contributed by atoms with Crippen molar-refractivity contribution in [3.05, 3.63) is 0 Å². The van der Waals surface area contributed by atoms with Crippen LogP contribution in [0.2, 0.25) is 0 Å². The summed E-state index contributed by atoms with van der Waals surface area (Å²) in [5, 5.41) is 0. The lowest BCUT2D eigenvalue weighted by Gasteiger charge is -2.11. The number of carbonyl (C=O) groups excluding carboxylic acids is 2. The second-order valence-corrected chi connectivity index (χ2v) is 7.92. The SMILES string of the molecule is CSCC[C@H](N)C(=O)OCCOCCOCCOCCOC(=O)[C@@H](N)CCSC. The summed E-state index contributed by atoms with van der Waals surface area (Å²) < 4.78 is 26.0. The molecule has 0 saturated heterocycles. The second-order valence-electron chi connectivity index (χ2n) is 5.95. The quantitative estimate of drug-likeness (QED) is 0.193. The Kier molecular flexibility index (Phi) is 20.3. The van der Waals surface area contributed by atoms with Crippen molar-refractivity contribution < 1.29 is 33.3 Å². The average Bonchev–Trinajstić information content (AvgIpc) is 2.72. The predicted molar refractivity (Wildman–Crippen MR) is 116 cm³/mol. The van der Waals surface area contributed by atoms with Crippen LogP contribution in [0.1, 0.15) is 12.8 Å². The average molecular weight is 457 g/mol. The molecule has 0 heterocycles. The molecule has 0 aromatic rings. The van der Waals surface area contributed by atoms with E-state index in [9.17, 15) is 9.59 Å². The van der Waals surface area contributed by atoms with E-state index in [0.29, 0.717) is 52.5 Å². The molecule has 0 spiro atoms. The molecule has 0 aliphatic rings. The van der Waals surface area contributed by atoms with Crippen molar-refractivity contribution in [2.24, 2.45) is 11.5 Å². The molecule has 0 aromatic carbocycles. The number of hydrogen-bond acceptors (Lipinski definition) is 11. The van der Waals surface area contributed by atoms with Gasteiger partial charge in [0.05, 0.1) is 39.6 Å². The Labute approximate surface area is 182 Å². The highest BCUT2D eigenvalue weighted by Gasteiger charge is 2.14. The van der Waals surface area contributed by atoms with Gasteiger partial charge in [0.1, 0.15) is 25.3 Å². The number of carbonyl (C=O) groups is 2.